The predicted octanol–water partition coefficient (Wildman–Crippen LogP) is 2.23. The number of carbonyl (C=O) groups is 1. The van der Waals surface area contributed by atoms with Gasteiger partial charge in [0.1, 0.15) is 29.2 Å². The van der Waals surface area contributed by atoms with Crippen molar-refractivity contribution in [2.24, 2.45) is 0 Å². The van der Waals surface area contributed by atoms with Crippen molar-refractivity contribution in [2.45, 2.75) is 25.4 Å². The van der Waals surface area contributed by atoms with Gasteiger partial charge < -0.3 is 14.5 Å². The highest BCUT2D eigenvalue weighted by molar-refractivity contribution is 5.93. The number of nitrogens with one attached hydrogen (secondary N) is 1. The van der Waals surface area contributed by atoms with Gasteiger partial charge in [-0.1, -0.05) is 0 Å². The molecular weight excluding hydrogens is 356 g/mol. The summed E-state index contributed by atoms with van der Waals surface area (Å²) in [5, 5.41) is 8.49. The SMILES string of the molecule is CN1CCN(c2cc(-c3n[nH]c4ccc(OC5(C)CC5)cc34)ncn2)CC1=O. The number of ether oxygens (including phenoxy) is 1. The number of H-pyrrole nitrogens is 1. The molecule has 144 valence electrons. The maximum absolute atomic E-state index is 12.0. The molecule has 1 aliphatic carbocycles. The molecule has 0 radical (unpaired) electrons. The van der Waals surface area contributed by atoms with E-state index in [2.05, 4.69) is 27.1 Å². The van der Waals surface area contributed by atoms with Gasteiger partial charge in [-0.05, 0) is 38.0 Å². The van der Waals surface area contributed by atoms with E-state index >= 15 is 0 Å². The normalized spacial score (nSPS) is 18.6. The Balaban J connectivity index is 1.48. The van der Waals surface area contributed by atoms with E-state index in [0.29, 0.717) is 13.1 Å². The van der Waals surface area contributed by atoms with Crippen LogP contribution in [0, 0.1) is 0 Å². The lowest BCUT2D eigenvalue weighted by Crippen LogP contribution is -2.48. The summed E-state index contributed by atoms with van der Waals surface area (Å²) in [6, 6.07) is 7.85. The van der Waals surface area contributed by atoms with Crippen LogP contribution in [0.15, 0.2) is 30.6 Å². The van der Waals surface area contributed by atoms with Crippen LogP contribution in [-0.2, 0) is 4.79 Å². The molecule has 0 spiro atoms. The first-order valence-electron chi connectivity index (χ1n) is 9.49. The molecular formula is C20H22N6O2. The zero-order valence-electron chi connectivity index (χ0n) is 16.0. The molecule has 3 aromatic rings. The summed E-state index contributed by atoms with van der Waals surface area (Å²) in [6.07, 6.45) is 3.70. The van der Waals surface area contributed by atoms with Crippen LogP contribution >= 0.6 is 0 Å². The highest BCUT2D eigenvalue weighted by Crippen LogP contribution is 2.40. The number of hydrogen-bond donors (Lipinski definition) is 1. The largest absolute Gasteiger partial charge is 0.488 e. The maximum Gasteiger partial charge on any atom is 0.241 e. The van der Waals surface area contributed by atoms with Gasteiger partial charge in [0.05, 0.1) is 17.8 Å². The number of fused-ring (bicyclic) bond motifs is 1. The van der Waals surface area contributed by atoms with Crippen LogP contribution < -0.4 is 9.64 Å². The number of anilines is 1. The number of likely N-dealkylation sites (N-methyl/N-ethyl adjacent to an activating group) is 1. The van der Waals surface area contributed by atoms with Crippen molar-refractivity contribution >= 4 is 22.6 Å². The molecule has 1 aromatic carbocycles. The fourth-order valence-electron chi connectivity index (χ4n) is 3.42. The first-order valence-corrected chi connectivity index (χ1v) is 9.49. The Morgan fingerprint density at radius 3 is 2.82 bits per heavy atom. The van der Waals surface area contributed by atoms with E-state index < -0.39 is 0 Å². The summed E-state index contributed by atoms with van der Waals surface area (Å²) in [5.41, 5.74) is 2.37. The molecule has 1 amide bonds. The van der Waals surface area contributed by atoms with Crippen LogP contribution in [0.3, 0.4) is 0 Å². The number of amides is 1. The summed E-state index contributed by atoms with van der Waals surface area (Å²) >= 11 is 0. The Hall–Kier alpha value is -3.16. The fraction of sp³-hybridized carbons (Fsp3) is 0.400. The van der Waals surface area contributed by atoms with Crippen molar-refractivity contribution in [2.75, 3.05) is 31.6 Å². The first-order chi connectivity index (χ1) is 13.5. The third kappa shape index (κ3) is 3.04. The Bertz CT molecular complexity index is 1060. The zero-order chi connectivity index (χ0) is 19.3. The summed E-state index contributed by atoms with van der Waals surface area (Å²) in [5.74, 6) is 1.67. The molecule has 2 aromatic heterocycles. The highest BCUT2D eigenvalue weighted by atomic mass is 16.5. The molecule has 0 bridgehead atoms. The lowest BCUT2D eigenvalue weighted by molar-refractivity contribution is -0.129. The van der Waals surface area contributed by atoms with Crippen molar-refractivity contribution in [3.63, 3.8) is 0 Å². The van der Waals surface area contributed by atoms with Gasteiger partial charge in [0.2, 0.25) is 5.91 Å². The van der Waals surface area contributed by atoms with E-state index in [0.717, 1.165) is 53.2 Å². The van der Waals surface area contributed by atoms with Gasteiger partial charge in [-0.25, -0.2) is 9.97 Å². The Kier molecular flexibility index (Phi) is 3.75. The van der Waals surface area contributed by atoms with Crippen molar-refractivity contribution in [1.82, 2.24) is 25.1 Å². The van der Waals surface area contributed by atoms with E-state index in [-0.39, 0.29) is 11.5 Å². The second kappa shape index (κ2) is 6.19. The Morgan fingerprint density at radius 1 is 1.18 bits per heavy atom. The summed E-state index contributed by atoms with van der Waals surface area (Å²) in [4.78, 5) is 24.5. The lowest BCUT2D eigenvalue weighted by atomic mass is 10.1. The smallest absolute Gasteiger partial charge is 0.241 e. The molecule has 1 saturated heterocycles. The summed E-state index contributed by atoms with van der Waals surface area (Å²) < 4.78 is 6.10. The predicted molar refractivity (Wildman–Crippen MR) is 105 cm³/mol. The monoisotopic (exact) mass is 378 g/mol. The van der Waals surface area contributed by atoms with Gasteiger partial charge in [0, 0.05) is 31.6 Å². The van der Waals surface area contributed by atoms with Gasteiger partial charge in [-0.2, -0.15) is 5.10 Å². The average Bonchev–Trinajstić information content (AvgIpc) is 3.26. The minimum atomic E-state index is -0.0341. The molecule has 1 saturated carbocycles. The molecule has 3 heterocycles. The quantitative estimate of drug-likeness (QED) is 0.749. The minimum absolute atomic E-state index is 0.0341. The second-order valence-corrected chi connectivity index (χ2v) is 7.83. The van der Waals surface area contributed by atoms with Gasteiger partial charge in [0.25, 0.3) is 0 Å². The molecule has 8 nitrogen and oxygen atoms in total. The van der Waals surface area contributed by atoms with Crippen LogP contribution in [-0.4, -0.2) is 63.3 Å². The number of hydrogen-bond acceptors (Lipinski definition) is 6. The van der Waals surface area contributed by atoms with E-state index in [1.165, 1.54) is 6.33 Å². The van der Waals surface area contributed by atoms with Gasteiger partial charge >= 0.3 is 0 Å². The molecule has 2 aliphatic rings. The lowest BCUT2D eigenvalue weighted by Gasteiger charge is -2.32. The maximum atomic E-state index is 12.0. The molecule has 0 atom stereocenters. The van der Waals surface area contributed by atoms with Crippen molar-refractivity contribution in [3.05, 3.63) is 30.6 Å². The van der Waals surface area contributed by atoms with Gasteiger partial charge in [0.15, 0.2) is 0 Å². The Morgan fingerprint density at radius 2 is 2.04 bits per heavy atom. The van der Waals surface area contributed by atoms with Crippen LogP contribution in [0.25, 0.3) is 22.3 Å². The van der Waals surface area contributed by atoms with E-state index in [9.17, 15) is 4.79 Å². The number of rotatable bonds is 4. The number of benzene rings is 1. The number of aromatic amines is 1. The fourth-order valence-corrected chi connectivity index (χ4v) is 3.42. The first kappa shape index (κ1) is 17.0. The van der Waals surface area contributed by atoms with Crippen molar-refractivity contribution in [1.29, 1.82) is 0 Å². The highest BCUT2D eigenvalue weighted by Gasteiger charge is 2.40. The van der Waals surface area contributed by atoms with Crippen molar-refractivity contribution < 1.29 is 9.53 Å². The zero-order valence-corrected chi connectivity index (χ0v) is 16.0. The average molecular weight is 378 g/mol. The van der Waals surface area contributed by atoms with E-state index in [4.69, 9.17) is 4.74 Å². The van der Waals surface area contributed by atoms with Crippen LogP contribution in [0.1, 0.15) is 19.8 Å². The molecule has 5 rings (SSSR count). The molecule has 28 heavy (non-hydrogen) atoms. The van der Waals surface area contributed by atoms with Crippen LogP contribution in [0.5, 0.6) is 5.75 Å². The molecule has 0 unspecified atom stereocenters. The number of carbonyl (C=O) groups excluding carboxylic acids is 1. The van der Waals surface area contributed by atoms with Gasteiger partial charge in [-0.3, -0.25) is 9.89 Å². The molecule has 8 heteroatoms. The molecule has 1 N–H and O–H groups in total. The summed E-state index contributed by atoms with van der Waals surface area (Å²) in [7, 11) is 1.82. The Labute approximate surface area is 162 Å². The molecule has 2 fully saturated rings. The number of nitrogens with zero attached hydrogens (tertiary/aromatic N) is 5. The van der Waals surface area contributed by atoms with Gasteiger partial charge in [-0.15, -0.1) is 0 Å². The minimum Gasteiger partial charge on any atom is -0.488 e. The molecule has 1 aliphatic heterocycles. The number of piperazine rings is 1. The summed E-state index contributed by atoms with van der Waals surface area (Å²) in [6.45, 7) is 3.88. The van der Waals surface area contributed by atoms with Crippen LogP contribution in [0.4, 0.5) is 5.82 Å². The van der Waals surface area contributed by atoms with E-state index in [1.807, 2.05) is 36.2 Å². The van der Waals surface area contributed by atoms with Crippen LogP contribution in [0.2, 0.25) is 0 Å². The topological polar surface area (TPSA) is 87.2 Å². The van der Waals surface area contributed by atoms with Crippen molar-refractivity contribution in [3.8, 4) is 17.1 Å². The second-order valence-electron chi connectivity index (χ2n) is 7.83. The third-order valence-electron chi connectivity index (χ3n) is 5.53. The number of aromatic nitrogens is 4. The van der Waals surface area contributed by atoms with E-state index in [1.54, 1.807) is 4.90 Å². The third-order valence-corrected chi connectivity index (χ3v) is 5.53. The standard InChI is InChI=1S/C20H22N6O2/c1-20(5-6-20)28-13-3-4-15-14(9-13)19(24-23-15)16-10-17(22-12-21-16)26-8-7-25(2)18(27)11-26/h3-4,9-10,12H,5-8,11H2,1-2H3,(H,23,24).